The molecule has 0 saturated carbocycles. The van der Waals surface area contributed by atoms with Crippen LogP contribution in [0.1, 0.15) is 16.8 Å². The van der Waals surface area contributed by atoms with Crippen LogP contribution in [-0.2, 0) is 4.79 Å². The SMILES string of the molecule is O=C(N[C@H]1CC(=O)N(c2ccccc2)C1)c1ccnc2ccncc12. The average Bonchev–Trinajstić information content (AvgIpc) is 3.02. The Morgan fingerprint density at radius 2 is 1.96 bits per heavy atom. The molecule has 0 aliphatic carbocycles. The summed E-state index contributed by atoms with van der Waals surface area (Å²) in [5, 5.41) is 3.66. The van der Waals surface area contributed by atoms with E-state index < -0.39 is 0 Å². The van der Waals surface area contributed by atoms with Crippen molar-refractivity contribution in [3.05, 3.63) is 66.6 Å². The summed E-state index contributed by atoms with van der Waals surface area (Å²) in [6, 6.07) is 12.7. The summed E-state index contributed by atoms with van der Waals surface area (Å²) >= 11 is 0. The summed E-state index contributed by atoms with van der Waals surface area (Å²) in [5.74, 6) is -0.203. The van der Waals surface area contributed by atoms with Crippen LogP contribution in [0.25, 0.3) is 10.9 Å². The van der Waals surface area contributed by atoms with Gasteiger partial charge < -0.3 is 10.2 Å². The first-order valence-corrected chi connectivity index (χ1v) is 8.07. The molecule has 1 aliphatic heterocycles. The second-order valence-electron chi connectivity index (χ2n) is 5.97. The fourth-order valence-electron chi connectivity index (χ4n) is 3.11. The molecule has 0 spiro atoms. The van der Waals surface area contributed by atoms with Crippen molar-refractivity contribution in [3.8, 4) is 0 Å². The van der Waals surface area contributed by atoms with Gasteiger partial charge in [-0.1, -0.05) is 18.2 Å². The third-order valence-electron chi connectivity index (χ3n) is 4.32. The molecule has 1 aliphatic rings. The number of benzene rings is 1. The fraction of sp³-hybridized carbons (Fsp3) is 0.158. The summed E-state index contributed by atoms with van der Waals surface area (Å²) in [5.41, 5.74) is 2.09. The van der Waals surface area contributed by atoms with Crippen LogP contribution in [0.2, 0.25) is 0 Å². The highest BCUT2D eigenvalue weighted by Gasteiger charge is 2.31. The van der Waals surface area contributed by atoms with E-state index in [2.05, 4.69) is 15.3 Å². The number of carbonyl (C=O) groups excluding carboxylic acids is 2. The molecule has 1 N–H and O–H groups in total. The number of anilines is 1. The number of amides is 2. The van der Waals surface area contributed by atoms with Crippen LogP contribution in [0.15, 0.2) is 61.1 Å². The molecule has 6 nitrogen and oxygen atoms in total. The predicted octanol–water partition coefficient (Wildman–Crippen LogP) is 2.17. The van der Waals surface area contributed by atoms with Gasteiger partial charge in [0, 0.05) is 42.6 Å². The van der Waals surface area contributed by atoms with E-state index in [-0.39, 0.29) is 17.9 Å². The van der Waals surface area contributed by atoms with Crippen LogP contribution in [0.5, 0.6) is 0 Å². The summed E-state index contributed by atoms with van der Waals surface area (Å²) < 4.78 is 0. The molecule has 6 heteroatoms. The van der Waals surface area contributed by atoms with Crippen molar-refractivity contribution in [2.45, 2.75) is 12.5 Å². The maximum atomic E-state index is 12.7. The van der Waals surface area contributed by atoms with Gasteiger partial charge in [0.05, 0.1) is 17.1 Å². The molecular weight excluding hydrogens is 316 g/mol. The minimum absolute atomic E-state index is 0.0118. The molecule has 124 valence electrons. The quantitative estimate of drug-likeness (QED) is 0.797. The lowest BCUT2D eigenvalue weighted by Crippen LogP contribution is -2.37. The second kappa shape index (κ2) is 6.32. The van der Waals surface area contributed by atoms with Crippen LogP contribution in [0, 0.1) is 0 Å². The normalized spacial score (nSPS) is 17.0. The number of fused-ring (bicyclic) bond motifs is 1. The Morgan fingerprint density at radius 1 is 1.12 bits per heavy atom. The zero-order valence-corrected chi connectivity index (χ0v) is 13.4. The smallest absolute Gasteiger partial charge is 0.252 e. The number of nitrogens with one attached hydrogen (secondary N) is 1. The Labute approximate surface area is 144 Å². The molecule has 3 heterocycles. The van der Waals surface area contributed by atoms with E-state index in [4.69, 9.17) is 0 Å². The molecule has 2 amide bonds. The largest absolute Gasteiger partial charge is 0.347 e. The monoisotopic (exact) mass is 332 g/mol. The van der Waals surface area contributed by atoms with Gasteiger partial charge in [0.1, 0.15) is 0 Å². The Bertz CT molecular complexity index is 937. The van der Waals surface area contributed by atoms with Crippen molar-refractivity contribution in [1.82, 2.24) is 15.3 Å². The molecule has 2 aromatic heterocycles. The highest BCUT2D eigenvalue weighted by atomic mass is 16.2. The molecule has 1 atom stereocenters. The van der Waals surface area contributed by atoms with Crippen LogP contribution >= 0.6 is 0 Å². The Balaban J connectivity index is 1.53. The number of carbonyl (C=O) groups is 2. The maximum Gasteiger partial charge on any atom is 0.252 e. The minimum atomic E-state index is -0.222. The van der Waals surface area contributed by atoms with E-state index in [9.17, 15) is 9.59 Å². The van der Waals surface area contributed by atoms with Gasteiger partial charge in [-0.3, -0.25) is 19.6 Å². The van der Waals surface area contributed by atoms with Crippen molar-refractivity contribution in [2.75, 3.05) is 11.4 Å². The number of nitrogens with zero attached hydrogens (tertiary/aromatic N) is 3. The maximum absolute atomic E-state index is 12.7. The Hall–Kier alpha value is -3.28. The lowest BCUT2D eigenvalue weighted by Gasteiger charge is -2.17. The van der Waals surface area contributed by atoms with Crippen LogP contribution < -0.4 is 10.2 Å². The molecule has 1 aromatic carbocycles. The van der Waals surface area contributed by atoms with Crippen molar-refractivity contribution in [2.24, 2.45) is 0 Å². The zero-order chi connectivity index (χ0) is 17.2. The molecule has 3 aromatic rings. The number of aromatic nitrogens is 2. The molecule has 0 bridgehead atoms. The zero-order valence-electron chi connectivity index (χ0n) is 13.4. The number of para-hydroxylation sites is 1. The molecule has 25 heavy (non-hydrogen) atoms. The highest BCUT2D eigenvalue weighted by Crippen LogP contribution is 2.22. The van der Waals surface area contributed by atoms with Gasteiger partial charge in [-0.05, 0) is 24.3 Å². The van der Waals surface area contributed by atoms with E-state index in [1.165, 1.54) is 0 Å². The summed E-state index contributed by atoms with van der Waals surface area (Å²) in [7, 11) is 0. The van der Waals surface area contributed by atoms with Gasteiger partial charge in [-0.15, -0.1) is 0 Å². The van der Waals surface area contributed by atoms with Crippen LogP contribution in [0.3, 0.4) is 0 Å². The lowest BCUT2D eigenvalue weighted by molar-refractivity contribution is -0.117. The first kappa shape index (κ1) is 15.3. The van der Waals surface area contributed by atoms with Crippen molar-refractivity contribution in [3.63, 3.8) is 0 Å². The van der Waals surface area contributed by atoms with Crippen LogP contribution in [0.4, 0.5) is 5.69 Å². The number of pyridine rings is 2. The second-order valence-corrected chi connectivity index (χ2v) is 5.97. The summed E-state index contributed by atoms with van der Waals surface area (Å²) in [6.45, 7) is 0.468. The molecule has 1 saturated heterocycles. The molecule has 0 unspecified atom stereocenters. The highest BCUT2D eigenvalue weighted by molar-refractivity contribution is 6.06. The third-order valence-corrected chi connectivity index (χ3v) is 4.32. The topological polar surface area (TPSA) is 75.2 Å². The molecule has 1 fully saturated rings. The van der Waals surface area contributed by atoms with Gasteiger partial charge in [0.25, 0.3) is 5.91 Å². The van der Waals surface area contributed by atoms with Gasteiger partial charge in [-0.25, -0.2) is 0 Å². The Morgan fingerprint density at radius 3 is 2.80 bits per heavy atom. The van der Waals surface area contributed by atoms with Crippen molar-refractivity contribution in [1.29, 1.82) is 0 Å². The van der Waals surface area contributed by atoms with E-state index in [0.717, 1.165) is 11.2 Å². The van der Waals surface area contributed by atoms with Gasteiger partial charge in [-0.2, -0.15) is 0 Å². The third kappa shape index (κ3) is 2.94. The van der Waals surface area contributed by atoms with Gasteiger partial charge in [0.15, 0.2) is 0 Å². The van der Waals surface area contributed by atoms with E-state index in [1.807, 2.05) is 30.3 Å². The van der Waals surface area contributed by atoms with E-state index >= 15 is 0 Å². The average molecular weight is 332 g/mol. The fourth-order valence-corrected chi connectivity index (χ4v) is 3.11. The van der Waals surface area contributed by atoms with Gasteiger partial charge in [0.2, 0.25) is 5.91 Å². The van der Waals surface area contributed by atoms with Crippen molar-refractivity contribution >= 4 is 28.4 Å². The summed E-state index contributed by atoms with van der Waals surface area (Å²) in [6.07, 6.45) is 5.17. The number of hydrogen-bond donors (Lipinski definition) is 1. The van der Waals surface area contributed by atoms with Crippen molar-refractivity contribution < 1.29 is 9.59 Å². The minimum Gasteiger partial charge on any atom is -0.347 e. The van der Waals surface area contributed by atoms with E-state index in [0.29, 0.717) is 23.9 Å². The van der Waals surface area contributed by atoms with Crippen LogP contribution in [-0.4, -0.2) is 34.4 Å². The lowest BCUT2D eigenvalue weighted by atomic mass is 10.1. The first-order valence-electron chi connectivity index (χ1n) is 8.07. The molecular formula is C19H16N4O2. The molecule has 4 rings (SSSR count). The Kier molecular flexibility index (Phi) is 3.85. The predicted molar refractivity (Wildman–Crippen MR) is 94.2 cm³/mol. The van der Waals surface area contributed by atoms with Gasteiger partial charge >= 0.3 is 0 Å². The first-order chi connectivity index (χ1) is 12.2. The number of rotatable bonds is 3. The van der Waals surface area contributed by atoms with E-state index in [1.54, 1.807) is 35.6 Å². The molecule has 0 radical (unpaired) electrons. The number of hydrogen-bond acceptors (Lipinski definition) is 4. The summed E-state index contributed by atoms with van der Waals surface area (Å²) in [4.78, 5) is 35.0. The standard InChI is InChI=1S/C19H16N4O2/c24-18-10-13(12-23(18)14-4-2-1-3-5-14)22-19(25)15-6-9-21-17-7-8-20-11-16(15)17/h1-9,11,13H,10,12H2,(H,22,25)/t13-/m0/s1.